The minimum absolute atomic E-state index is 0.000456. The van der Waals surface area contributed by atoms with E-state index in [2.05, 4.69) is 42.3 Å². The van der Waals surface area contributed by atoms with E-state index in [4.69, 9.17) is 4.18 Å². The quantitative estimate of drug-likeness (QED) is 0.0382. The zero-order valence-electron chi connectivity index (χ0n) is 32.7. The number of rotatable bonds is 39. The molecule has 0 spiro atoms. The van der Waals surface area contributed by atoms with Crippen LogP contribution in [0.2, 0.25) is 0 Å². The molecule has 0 radical (unpaired) electrons. The molecule has 0 aromatic carbocycles. The van der Waals surface area contributed by atoms with Crippen molar-refractivity contribution in [2.24, 2.45) is 5.92 Å². The first kappa shape index (κ1) is 48.6. The summed E-state index contributed by atoms with van der Waals surface area (Å²) in [6, 6.07) is 0. The van der Waals surface area contributed by atoms with Gasteiger partial charge in [0.25, 0.3) is 0 Å². The maximum atomic E-state index is 13.3. The molecule has 294 valence electrons. The molecule has 0 aliphatic rings. The average Bonchev–Trinajstić information content (AvgIpc) is 3.10. The lowest BCUT2D eigenvalue weighted by atomic mass is 9.86. The molecule has 0 aromatic heterocycles. The molecule has 1 unspecified atom stereocenters. The van der Waals surface area contributed by atoms with Crippen LogP contribution in [0.1, 0.15) is 206 Å². The SMILES string of the molecule is CCCCCCCC/C=C\CCCCCCCC(=O)C(CC(CCO)OS(=O)(=O)OC)C(=O)CCCCCCC/C=C\CCCCCCCC. The maximum Gasteiger partial charge on any atom is 0.399 e. The maximum absolute atomic E-state index is 13.3. The molecule has 1 N–H and O–H groups in total. The van der Waals surface area contributed by atoms with Crippen LogP contribution < -0.4 is 0 Å². The summed E-state index contributed by atoms with van der Waals surface area (Å²) in [5.41, 5.74) is 0. The van der Waals surface area contributed by atoms with Gasteiger partial charge in [0.1, 0.15) is 11.6 Å². The highest BCUT2D eigenvalue weighted by Gasteiger charge is 2.31. The number of unbranched alkanes of at least 4 members (excludes halogenated alkanes) is 22. The van der Waals surface area contributed by atoms with Crippen LogP contribution in [0, 0.1) is 5.92 Å². The number of hydrogen-bond donors (Lipinski definition) is 1. The Morgan fingerprint density at radius 1 is 0.560 bits per heavy atom. The Hall–Kier alpha value is -1.35. The molecule has 0 fully saturated rings. The first-order chi connectivity index (χ1) is 24.3. The summed E-state index contributed by atoms with van der Waals surface area (Å²) < 4.78 is 33.4. The van der Waals surface area contributed by atoms with Crippen molar-refractivity contribution in [3.63, 3.8) is 0 Å². The molecule has 0 aliphatic carbocycles. The molecule has 0 saturated carbocycles. The van der Waals surface area contributed by atoms with Crippen LogP contribution in [-0.4, -0.2) is 44.9 Å². The highest BCUT2D eigenvalue weighted by Crippen LogP contribution is 2.23. The summed E-state index contributed by atoms with van der Waals surface area (Å²) in [6.07, 6.45) is 39.2. The van der Waals surface area contributed by atoms with Crippen LogP contribution in [0.3, 0.4) is 0 Å². The summed E-state index contributed by atoms with van der Waals surface area (Å²) in [4.78, 5) is 26.6. The standard InChI is InChI=1S/C42H78O7S/c1-4-6-8-10-12-14-16-18-20-22-24-26-28-30-32-34-41(44)40(38-39(36-37-43)49-50(46,47)48-3)42(45)35-33-31-29-27-25-23-21-19-17-15-13-11-9-7-5-2/h18-21,39-40,43H,4-17,22-38H2,1-3H3/b20-18-,21-19-. The topological polar surface area (TPSA) is 107 Å². The number of carbonyl (C=O) groups is 2. The summed E-state index contributed by atoms with van der Waals surface area (Å²) in [7, 11) is -3.27. The molecule has 0 aliphatic heterocycles. The lowest BCUT2D eigenvalue weighted by molar-refractivity contribution is -0.134. The van der Waals surface area contributed by atoms with Gasteiger partial charge in [-0.25, -0.2) is 4.18 Å². The zero-order chi connectivity index (χ0) is 37.0. The second kappa shape index (κ2) is 36.0. The predicted octanol–water partition coefficient (Wildman–Crippen LogP) is 11.9. The van der Waals surface area contributed by atoms with Crippen LogP contribution in [0.5, 0.6) is 0 Å². The van der Waals surface area contributed by atoms with Gasteiger partial charge in [-0.05, 0) is 77.0 Å². The molecule has 7 nitrogen and oxygen atoms in total. The minimum Gasteiger partial charge on any atom is -0.396 e. The molecule has 0 bridgehead atoms. The van der Waals surface area contributed by atoms with E-state index in [-0.39, 0.29) is 31.0 Å². The minimum atomic E-state index is -4.27. The number of Topliss-reactive ketones (excluding diaryl/α,β-unsaturated/α-hetero) is 2. The van der Waals surface area contributed by atoms with E-state index in [1.165, 1.54) is 89.9 Å². The molecule has 0 rings (SSSR count). The van der Waals surface area contributed by atoms with Crippen molar-refractivity contribution in [1.82, 2.24) is 0 Å². The van der Waals surface area contributed by atoms with Crippen LogP contribution in [0.4, 0.5) is 0 Å². The number of ketones is 2. The Balaban J connectivity index is 4.53. The molecule has 0 amide bonds. The normalized spacial score (nSPS) is 12.9. The van der Waals surface area contributed by atoms with Gasteiger partial charge >= 0.3 is 10.4 Å². The van der Waals surface area contributed by atoms with E-state index < -0.39 is 22.4 Å². The van der Waals surface area contributed by atoms with Gasteiger partial charge < -0.3 is 5.11 Å². The van der Waals surface area contributed by atoms with Crippen molar-refractivity contribution in [3.05, 3.63) is 24.3 Å². The fourth-order valence-electron chi connectivity index (χ4n) is 6.35. The Labute approximate surface area is 309 Å². The smallest absolute Gasteiger partial charge is 0.396 e. The van der Waals surface area contributed by atoms with Crippen LogP contribution in [0.15, 0.2) is 24.3 Å². The van der Waals surface area contributed by atoms with Gasteiger partial charge in [0.2, 0.25) is 0 Å². The third-order valence-electron chi connectivity index (χ3n) is 9.55. The second-order valence-corrected chi connectivity index (χ2v) is 15.5. The van der Waals surface area contributed by atoms with Gasteiger partial charge in [-0.15, -0.1) is 0 Å². The Bertz CT molecular complexity index is 892. The van der Waals surface area contributed by atoms with E-state index >= 15 is 0 Å². The highest BCUT2D eigenvalue weighted by atomic mass is 32.3. The van der Waals surface area contributed by atoms with Crippen LogP contribution in [-0.2, 0) is 28.4 Å². The summed E-state index contributed by atoms with van der Waals surface area (Å²) >= 11 is 0. The first-order valence-electron chi connectivity index (χ1n) is 20.8. The van der Waals surface area contributed by atoms with Crippen molar-refractivity contribution < 1.29 is 31.5 Å². The molecule has 0 heterocycles. The monoisotopic (exact) mass is 727 g/mol. The van der Waals surface area contributed by atoms with Crippen molar-refractivity contribution in [2.45, 2.75) is 213 Å². The molecule has 0 aromatic rings. The molecule has 50 heavy (non-hydrogen) atoms. The lowest BCUT2D eigenvalue weighted by Gasteiger charge is -2.21. The number of hydrogen-bond acceptors (Lipinski definition) is 7. The van der Waals surface area contributed by atoms with Gasteiger partial charge in [0, 0.05) is 19.4 Å². The Kier molecular flexibility index (Phi) is 35.1. The van der Waals surface area contributed by atoms with Crippen molar-refractivity contribution >= 4 is 22.0 Å². The fourth-order valence-corrected chi connectivity index (χ4v) is 6.94. The van der Waals surface area contributed by atoms with Gasteiger partial charge in [-0.1, -0.05) is 141 Å². The van der Waals surface area contributed by atoms with Gasteiger partial charge in [0.05, 0.1) is 19.1 Å². The Morgan fingerprint density at radius 3 is 1.24 bits per heavy atom. The molecule has 0 saturated heterocycles. The third-order valence-corrected chi connectivity index (χ3v) is 10.5. The summed E-state index contributed by atoms with van der Waals surface area (Å²) in [5, 5.41) is 9.51. The van der Waals surface area contributed by atoms with E-state index in [9.17, 15) is 23.1 Å². The van der Waals surface area contributed by atoms with E-state index in [0.29, 0.717) is 25.7 Å². The Morgan fingerprint density at radius 2 is 0.900 bits per heavy atom. The van der Waals surface area contributed by atoms with E-state index in [0.717, 1.165) is 71.3 Å². The molecular formula is C42H78O7S. The molecule has 1 atom stereocenters. The van der Waals surface area contributed by atoms with Crippen LogP contribution >= 0.6 is 0 Å². The van der Waals surface area contributed by atoms with Crippen molar-refractivity contribution in [3.8, 4) is 0 Å². The van der Waals surface area contributed by atoms with E-state index in [1.54, 1.807) is 0 Å². The van der Waals surface area contributed by atoms with Crippen molar-refractivity contribution in [2.75, 3.05) is 13.7 Å². The fraction of sp³-hybridized carbons (Fsp3) is 0.857. The summed E-state index contributed by atoms with van der Waals surface area (Å²) in [6.45, 7) is 4.18. The third kappa shape index (κ3) is 31.4. The van der Waals surface area contributed by atoms with Gasteiger partial charge in [0.15, 0.2) is 0 Å². The van der Waals surface area contributed by atoms with Gasteiger partial charge in [-0.3, -0.25) is 13.8 Å². The second-order valence-electron chi connectivity index (χ2n) is 14.2. The highest BCUT2D eigenvalue weighted by molar-refractivity contribution is 7.81. The largest absolute Gasteiger partial charge is 0.399 e. The summed E-state index contributed by atoms with van der Waals surface area (Å²) in [5.74, 6) is -1.23. The number of aliphatic hydroxyl groups is 1. The molecular weight excluding hydrogens is 649 g/mol. The van der Waals surface area contributed by atoms with Crippen LogP contribution in [0.25, 0.3) is 0 Å². The van der Waals surface area contributed by atoms with E-state index in [1.807, 2.05) is 0 Å². The zero-order valence-corrected chi connectivity index (χ0v) is 33.5. The number of carbonyl (C=O) groups excluding carboxylic acids is 2. The average molecular weight is 727 g/mol. The number of aliphatic hydroxyl groups excluding tert-OH is 1. The lowest BCUT2D eigenvalue weighted by Crippen LogP contribution is -2.31. The number of allylic oxidation sites excluding steroid dienone is 4. The predicted molar refractivity (Wildman–Crippen MR) is 210 cm³/mol. The molecule has 8 heteroatoms. The van der Waals surface area contributed by atoms with Gasteiger partial charge in [-0.2, -0.15) is 8.42 Å². The first-order valence-corrected chi connectivity index (χ1v) is 22.1. The van der Waals surface area contributed by atoms with Crippen molar-refractivity contribution in [1.29, 1.82) is 0 Å².